The number of piperidine rings is 1. The number of nitrogens with one attached hydrogen (secondary N) is 1. The average molecular weight is 316 g/mol. The second-order valence-electron chi connectivity index (χ2n) is 4.90. The molecule has 18 heavy (non-hydrogen) atoms. The molecular formula is C14H19BrFNO. The molecule has 100 valence electrons. The van der Waals surface area contributed by atoms with Gasteiger partial charge in [-0.05, 0) is 72.8 Å². The van der Waals surface area contributed by atoms with Crippen molar-refractivity contribution in [3.8, 4) is 5.75 Å². The minimum absolute atomic E-state index is 0.170. The summed E-state index contributed by atoms with van der Waals surface area (Å²) in [4.78, 5) is 0. The molecule has 0 spiro atoms. The van der Waals surface area contributed by atoms with E-state index < -0.39 is 0 Å². The quantitative estimate of drug-likeness (QED) is 0.922. The Kier molecular flexibility index (Phi) is 4.62. The zero-order valence-electron chi connectivity index (χ0n) is 10.9. The number of hydrogen-bond acceptors (Lipinski definition) is 2. The fourth-order valence-electron chi connectivity index (χ4n) is 2.64. The summed E-state index contributed by atoms with van der Waals surface area (Å²) in [5.74, 6) is 1.08. The first kappa shape index (κ1) is 13.8. The summed E-state index contributed by atoms with van der Waals surface area (Å²) in [6, 6.07) is 1.78. The van der Waals surface area contributed by atoms with Gasteiger partial charge in [0, 0.05) is 5.56 Å². The summed E-state index contributed by atoms with van der Waals surface area (Å²) >= 11 is 3.28. The molecule has 0 saturated carbocycles. The van der Waals surface area contributed by atoms with Crippen LogP contribution in [-0.4, -0.2) is 20.2 Å². The van der Waals surface area contributed by atoms with E-state index in [0.717, 1.165) is 43.5 Å². The second kappa shape index (κ2) is 6.02. The van der Waals surface area contributed by atoms with Crippen molar-refractivity contribution >= 4 is 15.9 Å². The Labute approximate surface area is 116 Å². The summed E-state index contributed by atoms with van der Waals surface area (Å²) in [6.07, 6.45) is 2.97. The van der Waals surface area contributed by atoms with Crippen LogP contribution in [0.25, 0.3) is 0 Å². The topological polar surface area (TPSA) is 21.3 Å². The summed E-state index contributed by atoms with van der Waals surface area (Å²) in [5.41, 5.74) is 1.70. The van der Waals surface area contributed by atoms with E-state index in [-0.39, 0.29) is 5.82 Å². The molecule has 0 aliphatic carbocycles. The zero-order valence-corrected chi connectivity index (χ0v) is 12.4. The zero-order chi connectivity index (χ0) is 13.1. The maximum Gasteiger partial charge on any atom is 0.144 e. The molecular weight excluding hydrogens is 297 g/mol. The molecule has 1 N–H and O–H groups in total. The van der Waals surface area contributed by atoms with Crippen molar-refractivity contribution in [2.45, 2.75) is 26.2 Å². The predicted molar refractivity (Wildman–Crippen MR) is 74.7 cm³/mol. The third-order valence-electron chi connectivity index (χ3n) is 3.61. The molecule has 1 aliphatic heterocycles. The lowest BCUT2D eigenvalue weighted by molar-refractivity contribution is 0.353. The van der Waals surface area contributed by atoms with Crippen LogP contribution in [0.2, 0.25) is 0 Å². The van der Waals surface area contributed by atoms with E-state index >= 15 is 0 Å². The van der Waals surface area contributed by atoms with Crippen molar-refractivity contribution in [2.75, 3.05) is 20.2 Å². The van der Waals surface area contributed by atoms with E-state index in [0.29, 0.717) is 16.1 Å². The molecule has 0 bridgehead atoms. The SMILES string of the molecule is COc1c(C)cc(Br)c(F)c1CC1CCNCC1. The van der Waals surface area contributed by atoms with Crippen molar-refractivity contribution in [1.82, 2.24) is 5.32 Å². The predicted octanol–water partition coefficient (Wildman–Crippen LogP) is 3.45. The smallest absolute Gasteiger partial charge is 0.144 e. The van der Waals surface area contributed by atoms with Crippen molar-refractivity contribution < 1.29 is 9.13 Å². The number of aryl methyl sites for hydroxylation is 1. The Hall–Kier alpha value is -0.610. The monoisotopic (exact) mass is 315 g/mol. The molecule has 0 aromatic heterocycles. The van der Waals surface area contributed by atoms with Gasteiger partial charge in [0.25, 0.3) is 0 Å². The van der Waals surface area contributed by atoms with Crippen LogP contribution in [0.15, 0.2) is 10.5 Å². The van der Waals surface area contributed by atoms with Crippen LogP contribution in [0.3, 0.4) is 0 Å². The maximum atomic E-state index is 14.2. The van der Waals surface area contributed by atoms with Crippen molar-refractivity contribution in [3.05, 3.63) is 27.5 Å². The molecule has 0 atom stereocenters. The van der Waals surface area contributed by atoms with E-state index in [4.69, 9.17) is 4.74 Å². The Morgan fingerprint density at radius 2 is 2.11 bits per heavy atom. The molecule has 4 heteroatoms. The van der Waals surface area contributed by atoms with Gasteiger partial charge in [-0.25, -0.2) is 4.39 Å². The third-order valence-corrected chi connectivity index (χ3v) is 4.18. The van der Waals surface area contributed by atoms with Crippen LogP contribution in [0.1, 0.15) is 24.0 Å². The fraction of sp³-hybridized carbons (Fsp3) is 0.571. The maximum absolute atomic E-state index is 14.2. The largest absolute Gasteiger partial charge is 0.496 e. The molecule has 1 heterocycles. The summed E-state index contributed by atoms with van der Waals surface area (Å²) in [7, 11) is 1.61. The van der Waals surface area contributed by atoms with Gasteiger partial charge in [-0.1, -0.05) is 0 Å². The highest BCUT2D eigenvalue weighted by atomic mass is 79.9. The number of hydrogen-bond donors (Lipinski definition) is 1. The van der Waals surface area contributed by atoms with E-state index in [1.807, 2.05) is 6.92 Å². The van der Waals surface area contributed by atoms with Gasteiger partial charge in [-0.2, -0.15) is 0 Å². The van der Waals surface area contributed by atoms with Gasteiger partial charge in [0.1, 0.15) is 11.6 Å². The lowest BCUT2D eigenvalue weighted by Crippen LogP contribution is -2.29. The van der Waals surface area contributed by atoms with E-state index in [1.54, 1.807) is 13.2 Å². The van der Waals surface area contributed by atoms with Gasteiger partial charge in [0.05, 0.1) is 11.6 Å². The van der Waals surface area contributed by atoms with Crippen LogP contribution in [0.5, 0.6) is 5.75 Å². The molecule has 1 aromatic rings. The second-order valence-corrected chi connectivity index (χ2v) is 5.75. The first-order chi connectivity index (χ1) is 8.63. The van der Waals surface area contributed by atoms with Gasteiger partial charge in [-0.3, -0.25) is 0 Å². The summed E-state index contributed by atoms with van der Waals surface area (Å²) < 4.78 is 20.2. The minimum atomic E-state index is -0.170. The summed E-state index contributed by atoms with van der Waals surface area (Å²) in [5, 5.41) is 3.33. The molecule has 2 nitrogen and oxygen atoms in total. The molecule has 1 aliphatic rings. The first-order valence-electron chi connectivity index (χ1n) is 6.35. The Morgan fingerprint density at radius 1 is 1.44 bits per heavy atom. The Morgan fingerprint density at radius 3 is 2.72 bits per heavy atom. The molecule has 0 unspecified atom stereocenters. The molecule has 0 amide bonds. The molecule has 1 saturated heterocycles. The van der Waals surface area contributed by atoms with Gasteiger partial charge >= 0.3 is 0 Å². The highest BCUT2D eigenvalue weighted by Crippen LogP contribution is 2.34. The first-order valence-corrected chi connectivity index (χ1v) is 7.15. The molecule has 0 radical (unpaired) electrons. The highest BCUT2D eigenvalue weighted by molar-refractivity contribution is 9.10. The number of ether oxygens (including phenoxy) is 1. The Balaban J connectivity index is 2.29. The van der Waals surface area contributed by atoms with Crippen LogP contribution < -0.4 is 10.1 Å². The van der Waals surface area contributed by atoms with E-state index in [2.05, 4.69) is 21.2 Å². The van der Waals surface area contributed by atoms with Crippen molar-refractivity contribution in [1.29, 1.82) is 0 Å². The van der Waals surface area contributed by atoms with Crippen LogP contribution in [0.4, 0.5) is 4.39 Å². The Bertz CT molecular complexity index is 430. The molecule has 1 aromatic carbocycles. The van der Waals surface area contributed by atoms with Crippen LogP contribution in [0, 0.1) is 18.7 Å². The fourth-order valence-corrected chi connectivity index (χ4v) is 3.22. The van der Waals surface area contributed by atoms with E-state index in [1.165, 1.54) is 0 Å². The van der Waals surface area contributed by atoms with Crippen molar-refractivity contribution in [2.24, 2.45) is 5.92 Å². The molecule has 2 rings (SSSR count). The minimum Gasteiger partial charge on any atom is -0.496 e. The number of methoxy groups -OCH3 is 1. The standard InChI is InChI=1S/C14H19BrFNO/c1-9-7-12(15)13(16)11(14(9)18-2)8-10-3-5-17-6-4-10/h7,10,17H,3-6,8H2,1-2H3. The lowest BCUT2D eigenvalue weighted by Gasteiger charge is -2.24. The average Bonchev–Trinajstić information content (AvgIpc) is 2.37. The number of benzene rings is 1. The highest BCUT2D eigenvalue weighted by Gasteiger charge is 2.21. The van der Waals surface area contributed by atoms with Crippen LogP contribution in [-0.2, 0) is 6.42 Å². The van der Waals surface area contributed by atoms with Gasteiger partial charge in [0.2, 0.25) is 0 Å². The van der Waals surface area contributed by atoms with Crippen molar-refractivity contribution in [3.63, 3.8) is 0 Å². The van der Waals surface area contributed by atoms with Gasteiger partial charge in [0.15, 0.2) is 0 Å². The normalized spacial score (nSPS) is 16.9. The third kappa shape index (κ3) is 2.86. The number of halogens is 2. The summed E-state index contributed by atoms with van der Waals surface area (Å²) in [6.45, 7) is 4.01. The van der Waals surface area contributed by atoms with Gasteiger partial charge in [-0.15, -0.1) is 0 Å². The van der Waals surface area contributed by atoms with E-state index in [9.17, 15) is 4.39 Å². The van der Waals surface area contributed by atoms with Crippen LogP contribution >= 0.6 is 15.9 Å². The van der Waals surface area contributed by atoms with Gasteiger partial charge < -0.3 is 10.1 Å². The molecule has 1 fully saturated rings. The number of rotatable bonds is 3. The lowest BCUT2D eigenvalue weighted by atomic mass is 9.89.